The van der Waals surface area contributed by atoms with Crippen LogP contribution in [0.25, 0.3) is 0 Å². The highest BCUT2D eigenvalue weighted by Crippen LogP contribution is 2.25. The van der Waals surface area contributed by atoms with Crippen LogP contribution in [-0.2, 0) is 9.53 Å². The molecule has 1 aromatic rings. The lowest BCUT2D eigenvalue weighted by Crippen LogP contribution is -2.39. The van der Waals surface area contributed by atoms with Crippen LogP contribution in [0.4, 0.5) is 5.69 Å². The first-order valence-corrected chi connectivity index (χ1v) is 6.17. The Kier molecular flexibility index (Phi) is 3.89. The molecule has 92 valence electrons. The molecular formula is C13H16ClNO2. The van der Waals surface area contributed by atoms with Crippen LogP contribution in [0, 0.1) is 5.92 Å². The molecule has 0 bridgehead atoms. The summed E-state index contributed by atoms with van der Waals surface area (Å²) >= 11 is 5.97. The zero-order valence-electron chi connectivity index (χ0n) is 9.86. The molecule has 3 nitrogen and oxygen atoms in total. The van der Waals surface area contributed by atoms with E-state index in [1.807, 2.05) is 24.3 Å². The maximum atomic E-state index is 11.5. The van der Waals surface area contributed by atoms with E-state index in [0.717, 1.165) is 30.1 Å². The minimum Gasteiger partial charge on any atom is -0.469 e. The Morgan fingerprint density at radius 1 is 1.53 bits per heavy atom. The number of methoxy groups -OCH3 is 1. The minimum absolute atomic E-state index is 0.0206. The third-order valence-electron chi connectivity index (χ3n) is 3.13. The number of carbonyl (C=O) groups is 1. The molecule has 1 heterocycles. The Morgan fingerprint density at radius 3 is 3.06 bits per heavy atom. The van der Waals surface area contributed by atoms with Gasteiger partial charge in [0.05, 0.1) is 13.0 Å². The average Bonchev–Trinajstić information content (AvgIpc) is 2.38. The Labute approximate surface area is 106 Å². The first-order valence-electron chi connectivity index (χ1n) is 5.79. The van der Waals surface area contributed by atoms with Gasteiger partial charge in [-0.05, 0) is 31.0 Å². The van der Waals surface area contributed by atoms with Crippen molar-refractivity contribution in [2.45, 2.75) is 12.8 Å². The fraction of sp³-hybridized carbons (Fsp3) is 0.462. The molecule has 0 spiro atoms. The fourth-order valence-electron chi connectivity index (χ4n) is 2.24. The van der Waals surface area contributed by atoms with Gasteiger partial charge in [0.25, 0.3) is 0 Å². The van der Waals surface area contributed by atoms with Crippen molar-refractivity contribution in [3.05, 3.63) is 29.3 Å². The second kappa shape index (κ2) is 5.41. The molecule has 1 unspecified atom stereocenters. The first kappa shape index (κ1) is 12.2. The number of benzene rings is 1. The van der Waals surface area contributed by atoms with Crippen LogP contribution in [0.2, 0.25) is 5.02 Å². The van der Waals surface area contributed by atoms with Crippen molar-refractivity contribution in [2.75, 3.05) is 25.1 Å². The number of halogens is 1. The molecule has 0 saturated carbocycles. The van der Waals surface area contributed by atoms with Gasteiger partial charge in [-0.2, -0.15) is 0 Å². The molecule has 1 atom stereocenters. The maximum Gasteiger partial charge on any atom is 0.310 e. The molecule has 4 heteroatoms. The molecule has 1 aliphatic heterocycles. The van der Waals surface area contributed by atoms with Crippen molar-refractivity contribution in [2.24, 2.45) is 5.92 Å². The van der Waals surface area contributed by atoms with Gasteiger partial charge in [0.15, 0.2) is 0 Å². The number of hydrogen-bond donors (Lipinski definition) is 0. The Bertz CT molecular complexity index is 408. The van der Waals surface area contributed by atoms with E-state index in [2.05, 4.69) is 4.90 Å². The number of carbonyl (C=O) groups excluding carboxylic acids is 1. The smallest absolute Gasteiger partial charge is 0.310 e. The van der Waals surface area contributed by atoms with Gasteiger partial charge in [-0.3, -0.25) is 4.79 Å². The van der Waals surface area contributed by atoms with Crippen LogP contribution in [0.1, 0.15) is 12.8 Å². The van der Waals surface area contributed by atoms with Gasteiger partial charge in [0.2, 0.25) is 0 Å². The second-order valence-electron chi connectivity index (χ2n) is 4.29. The second-order valence-corrected chi connectivity index (χ2v) is 4.72. The molecule has 1 aliphatic rings. The standard InChI is InChI=1S/C13H16ClNO2/c1-17-13(16)10-4-3-7-15(9-10)12-6-2-5-11(14)8-12/h2,5-6,8,10H,3-4,7,9H2,1H3. The summed E-state index contributed by atoms with van der Waals surface area (Å²) in [6.07, 6.45) is 1.91. The summed E-state index contributed by atoms with van der Waals surface area (Å²) in [5.74, 6) is -0.135. The van der Waals surface area contributed by atoms with Gasteiger partial charge in [-0.1, -0.05) is 17.7 Å². The third-order valence-corrected chi connectivity index (χ3v) is 3.36. The fourth-order valence-corrected chi connectivity index (χ4v) is 2.43. The average molecular weight is 254 g/mol. The molecule has 17 heavy (non-hydrogen) atoms. The van der Waals surface area contributed by atoms with Crippen molar-refractivity contribution in [1.29, 1.82) is 0 Å². The van der Waals surface area contributed by atoms with Gasteiger partial charge in [-0.15, -0.1) is 0 Å². The lowest BCUT2D eigenvalue weighted by Gasteiger charge is -2.33. The molecule has 0 N–H and O–H groups in total. The number of nitrogens with zero attached hydrogens (tertiary/aromatic N) is 1. The van der Waals surface area contributed by atoms with Gasteiger partial charge >= 0.3 is 5.97 Å². The Morgan fingerprint density at radius 2 is 2.35 bits per heavy atom. The number of hydrogen-bond acceptors (Lipinski definition) is 3. The van der Waals surface area contributed by atoms with Crippen LogP contribution in [0.5, 0.6) is 0 Å². The molecule has 0 amide bonds. The Balaban J connectivity index is 2.09. The minimum atomic E-state index is -0.114. The van der Waals surface area contributed by atoms with E-state index in [-0.39, 0.29) is 11.9 Å². The van der Waals surface area contributed by atoms with Crippen LogP contribution in [0.3, 0.4) is 0 Å². The summed E-state index contributed by atoms with van der Waals surface area (Å²) in [6.45, 7) is 1.68. The van der Waals surface area contributed by atoms with Gasteiger partial charge < -0.3 is 9.64 Å². The van der Waals surface area contributed by atoms with Crippen molar-refractivity contribution in [3.63, 3.8) is 0 Å². The summed E-state index contributed by atoms with van der Waals surface area (Å²) in [7, 11) is 1.45. The molecular weight excluding hydrogens is 238 g/mol. The highest BCUT2D eigenvalue weighted by molar-refractivity contribution is 6.30. The number of esters is 1. The number of anilines is 1. The molecule has 0 aromatic heterocycles. The largest absolute Gasteiger partial charge is 0.469 e. The molecule has 0 aliphatic carbocycles. The zero-order chi connectivity index (χ0) is 12.3. The molecule has 1 aromatic carbocycles. The van der Waals surface area contributed by atoms with E-state index in [1.54, 1.807) is 0 Å². The summed E-state index contributed by atoms with van der Waals surface area (Å²) < 4.78 is 4.81. The van der Waals surface area contributed by atoms with Crippen LogP contribution in [-0.4, -0.2) is 26.2 Å². The van der Waals surface area contributed by atoms with Crippen molar-refractivity contribution in [1.82, 2.24) is 0 Å². The van der Waals surface area contributed by atoms with E-state index in [4.69, 9.17) is 16.3 Å². The molecule has 1 fully saturated rings. The first-order chi connectivity index (χ1) is 8.20. The van der Waals surface area contributed by atoms with Gasteiger partial charge in [0.1, 0.15) is 0 Å². The van der Waals surface area contributed by atoms with Gasteiger partial charge in [-0.25, -0.2) is 0 Å². The molecule has 1 saturated heterocycles. The SMILES string of the molecule is COC(=O)C1CCCN(c2cccc(Cl)c2)C1. The molecule has 0 radical (unpaired) electrons. The predicted octanol–water partition coefficient (Wildman–Crippen LogP) is 2.73. The van der Waals surface area contributed by atoms with E-state index < -0.39 is 0 Å². The number of piperidine rings is 1. The monoisotopic (exact) mass is 253 g/mol. The van der Waals surface area contributed by atoms with Crippen molar-refractivity contribution >= 4 is 23.3 Å². The van der Waals surface area contributed by atoms with E-state index in [1.165, 1.54) is 7.11 Å². The van der Waals surface area contributed by atoms with Crippen LogP contribution < -0.4 is 4.90 Å². The maximum absolute atomic E-state index is 11.5. The summed E-state index contributed by atoms with van der Waals surface area (Å²) in [6, 6.07) is 7.74. The predicted molar refractivity (Wildman–Crippen MR) is 68.4 cm³/mol. The van der Waals surface area contributed by atoms with Crippen molar-refractivity contribution < 1.29 is 9.53 Å². The summed E-state index contributed by atoms with van der Waals surface area (Å²) in [5.41, 5.74) is 1.08. The lowest BCUT2D eigenvalue weighted by atomic mass is 9.98. The Hall–Kier alpha value is -1.22. The summed E-state index contributed by atoms with van der Waals surface area (Å²) in [5, 5.41) is 0.725. The lowest BCUT2D eigenvalue weighted by molar-refractivity contribution is -0.145. The van der Waals surface area contributed by atoms with Crippen LogP contribution in [0.15, 0.2) is 24.3 Å². The van der Waals surface area contributed by atoms with Crippen LogP contribution >= 0.6 is 11.6 Å². The topological polar surface area (TPSA) is 29.5 Å². The number of ether oxygens (including phenoxy) is 1. The van der Waals surface area contributed by atoms with E-state index in [0.29, 0.717) is 6.54 Å². The van der Waals surface area contributed by atoms with Crippen molar-refractivity contribution in [3.8, 4) is 0 Å². The highest BCUT2D eigenvalue weighted by Gasteiger charge is 2.26. The number of rotatable bonds is 2. The third kappa shape index (κ3) is 2.91. The van der Waals surface area contributed by atoms with Gasteiger partial charge in [0, 0.05) is 23.8 Å². The summed E-state index contributed by atoms with van der Waals surface area (Å²) in [4.78, 5) is 13.7. The normalized spacial score (nSPS) is 20.1. The van der Waals surface area contributed by atoms with E-state index >= 15 is 0 Å². The quantitative estimate of drug-likeness (QED) is 0.759. The van der Waals surface area contributed by atoms with E-state index in [9.17, 15) is 4.79 Å². The zero-order valence-corrected chi connectivity index (χ0v) is 10.6. The highest BCUT2D eigenvalue weighted by atomic mass is 35.5. The molecule has 2 rings (SSSR count).